The van der Waals surface area contributed by atoms with Crippen LogP contribution >= 0.6 is 0 Å². The number of amides is 1. The number of nitrogens with one attached hydrogen (secondary N) is 1. The van der Waals surface area contributed by atoms with E-state index in [2.05, 4.69) is 17.1 Å². The van der Waals surface area contributed by atoms with Crippen LogP contribution in [0.25, 0.3) is 11.0 Å². The van der Waals surface area contributed by atoms with Gasteiger partial charge >= 0.3 is 0 Å². The largest absolute Gasteiger partial charge is 0.460 e. The lowest BCUT2D eigenvalue weighted by molar-refractivity contribution is 0.100. The van der Waals surface area contributed by atoms with E-state index in [4.69, 9.17) is 10.2 Å². The molecule has 0 spiro atoms. The van der Waals surface area contributed by atoms with Gasteiger partial charge in [0.05, 0.1) is 5.56 Å². The number of carbonyl (C=O) groups excluding carboxylic acids is 1. The minimum atomic E-state index is -0.447. The first kappa shape index (κ1) is 14.9. The Kier molecular flexibility index (Phi) is 4.07. The molecular formula is C17H23N3O2. The molecule has 118 valence electrons. The summed E-state index contributed by atoms with van der Waals surface area (Å²) in [6.45, 7) is 7.07. The first-order valence-corrected chi connectivity index (χ1v) is 7.91. The molecule has 0 bridgehead atoms. The summed E-state index contributed by atoms with van der Waals surface area (Å²) in [4.78, 5) is 13.9. The van der Waals surface area contributed by atoms with Crippen LogP contribution in [0, 0.1) is 6.92 Å². The van der Waals surface area contributed by atoms with Gasteiger partial charge in [-0.1, -0.05) is 6.92 Å². The maximum atomic E-state index is 11.6. The van der Waals surface area contributed by atoms with E-state index in [1.165, 1.54) is 0 Å². The van der Waals surface area contributed by atoms with Gasteiger partial charge in [-0.15, -0.1) is 0 Å². The second-order valence-corrected chi connectivity index (χ2v) is 5.92. The van der Waals surface area contributed by atoms with Crippen molar-refractivity contribution in [2.24, 2.45) is 5.73 Å². The van der Waals surface area contributed by atoms with Gasteiger partial charge in [0.2, 0.25) is 0 Å². The average Bonchev–Trinajstić information content (AvgIpc) is 2.88. The number of benzene rings is 1. The Hall–Kier alpha value is -2.01. The number of piperidine rings is 1. The highest BCUT2D eigenvalue weighted by Gasteiger charge is 2.22. The maximum absolute atomic E-state index is 11.6. The molecule has 2 heterocycles. The molecule has 1 fully saturated rings. The number of furan rings is 1. The third kappa shape index (κ3) is 2.68. The fourth-order valence-electron chi connectivity index (χ4n) is 3.32. The minimum absolute atomic E-state index is 0.447. The van der Waals surface area contributed by atoms with Gasteiger partial charge in [0.1, 0.15) is 11.3 Å². The summed E-state index contributed by atoms with van der Waals surface area (Å²) in [5.74, 6) is 0.351. The van der Waals surface area contributed by atoms with Crippen molar-refractivity contribution < 1.29 is 9.21 Å². The zero-order chi connectivity index (χ0) is 15.7. The van der Waals surface area contributed by atoms with Gasteiger partial charge in [-0.05, 0) is 44.5 Å². The highest BCUT2D eigenvalue weighted by atomic mass is 16.3. The highest BCUT2D eigenvalue weighted by molar-refractivity contribution is 6.07. The van der Waals surface area contributed by atoms with Crippen LogP contribution in [0.4, 0.5) is 5.69 Å². The van der Waals surface area contributed by atoms with E-state index in [1.54, 1.807) is 6.07 Å². The van der Waals surface area contributed by atoms with E-state index in [-0.39, 0.29) is 0 Å². The van der Waals surface area contributed by atoms with Crippen molar-refractivity contribution in [3.05, 3.63) is 29.5 Å². The molecule has 5 nitrogen and oxygen atoms in total. The molecule has 1 aliphatic rings. The topological polar surface area (TPSA) is 71.5 Å². The molecule has 3 rings (SSSR count). The Morgan fingerprint density at radius 3 is 2.77 bits per heavy atom. The number of nitrogens with zero attached hydrogens (tertiary/aromatic N) is 1. The number of aryl methyl sites for hydroxylation is 1. The van der Waals surface area contributed by atoms with Crippen molar-refractivity contribution >= 4 is 22.6 Å². The first-order chi connectivity index (χ1) is 10.6. The van der Waals surface area contributed by atoms with E-state index in [0.717, 1.165) is 49.3 Å². The quantitative estimate of drug-likeness (QED) is 0.910. The van der Waals surface area contributed by atoms with Crippen molar-refractivity contribution in [2.45, 2.75) is 32.7 Å². The smallest absolute Gasteiger partial charge is 0.252 e. The number of nitrogens with two attached hydrogens (primary N) is 1. The maximum Gasteiger partial charge on any atom is 0.252 e. The molecule has 0 aliphatic carbocycles. The summed E-state index contributed by atoms with van der Waals surface area (Å²) in [6, 6.07) is 6.37. The van der Waals surface area contributed by atoms with Crippen molar-refractivity contribution in [1.82, 2.24) is 5.32 Å². The van der Waals surface area contributed by atoms with Crippen molar-refractivity contribution in [3.8, 4) is 0 Å². The lowest BCUT2D eigenvalue weighted by Gasteiger charge is -2.34. The predicted molar refractivity (Wildman–Crippen MR) is 88.4 cm³/mol. The average molecular weight is 301 g/mol. The van der Waals surface area contributed by atoms with E-state index in [9.17, 15) is 4.79 Å². The minimum Gasteiger partial charge on any atom is -0.460 e. The summed E-state index contributed by atoms with van der Waals surface area (Å²) in [6.07, 6.45) is 2.26. The lowest BCUT2D eigenvalue weighted by atomic mass is 10.0. The standard InChI is InChI=1S/C17H23N3O2/c1-3-19-12-6-8-20(9-7-12)15-5-4-13(17(18)21)16-14(15)10-11(2)22-16/h4-5,10,12,19H,3,6-9H2,1-2H3,(H2,18,21). The van der Waals surface area contributed by atoms with E-state index < -0.39 is 5.91 Å². The van der Waals surface area contributed by atoms with Gasteiger partial charge in [0, 0.05) is 30.2 Å². The van der Waals surface area contributed by atoms with Crippen LogP contribution in [0.15, 0.2) is 22.6 Å². The van der Waals surface area contributed by atoms with Gasteiger partial charge in [-0.25, -0.2) is 0 Å². The molecule has 0 unspecified atom stereocenters. The molecule has 22 heavy (non-hydrogen) atoms. The van der Waals surface area contributed by atoms with Crippen molar-refractivity contribution in [2.75, 3.05) is 24.5 Å². The van der Waals surface area contributed by atoms with Crippen LogP contribution in [-0.4, -0.2) is 31.6 Å². The Balaban J connectivity index is 1.92. The number of fused-ring (bicyclic) bond motifs is 1. The van der Waals surface area contributed by atoms with Crippen LogP contribution in [-0.2, 0) is 0 Å². The predicted octanol–water partition coefficient (Wildman–Crippen LogP) is 2.42. The number of rotatable bonds is 4. The van der Waals surface area contributed by atoms with E-state index in [0.29, 0.717) is 17.2 Å². The fraction of sp³-hybridized carbons (Fsp3) is 0.471. The Morgan fingerprint density at radius 1 is 1.41 bits per heavy atom. The molecule has 0 atom stereocenters. The first-order valence-electron chi connectivity index (χ1n) is 7.91. The Bertz CT molecular complexity index is 685. The molecule has 3 N–H and O–H groups in total. The Labute approximate surface area is 130 Å². The molecule has 2 aromatic rings. The number of hydrogen-bond donors (Lipinski definition) is 2. The van der Waals surface area contributed by atoms with E-state index in [1.807, 2.05) is 19.1 Å². The number of primary amides is 1. The molecule has 1 aromatic heterocycles. The number of carbonyl (C=O) groups is 1. The van der Waals surface area contributed by atoms with Gasteiger partial charge in [0.15, 0.2) is 0 Å². The van der Waals surface area contributed by atoms with E-state index >= 15 is 0 Å². The van der Waals surface area contributed by atoms with Gasteiger partial charge in [0.25, 0.3) is 5.91 Å². The second-order valence-electron chi connectivity index (χ2n) is 5.92. The fourth-order valence-corrected chi connectivity index (χ4v) is 3.32. The van der Waals surface area contributed by atoms with Gasteiger partial charge in [-0.3, -0.25) is 4.79 Å². The normalized spacial score (nSPS) is 16.4. The van der Waals surface area contributed by atoms with Crippen LogP contribution in [0.1, 0.15) is 35.9 Å². The molecule has 0 saturated carbocycles. The zero-order valence-corrected chi connectivity index (χ0v) is 13.2. The number of anilines is 1. The van der Waals surface area contributed by atoms with Crippen LogP contribution in [0.3, 0.4) is 0 Å². The second kappa shape index (κ2) is 6.01. The monoisotopic (exact) mass is 301 g/mol. The summed E-state index contributed by atoms with van der Waals surface area (Å²) >= 11 is 0. The molecule has 1 aliphatic heterocycles. The number of hydrogen-bond acceptors (Lipinski definition) is 4. The third-order valence-corrected chi connectivity index (χ3v) is 4.38. The van der Waals surface area contributed by atoms with Crippen LogP contribution in [0.5, 0.6) is 0 Å². The zero-order valence-electron chi connectivity index (χ0n) is 13.2. The summed E-state index contributed by atoms with van der Waals surface area (Å²) in [5, 5.41) is 4.50. The lowest BCUT2D eigenvalue weighted by Crippen LogP contribution is -2.42. The van der Waals surface area contributed by atoms with Crippen molar-refractivity contribution in [1.29, 1.82) is 0 Å². The summed E-state index contributed by atoms with van der Waals surface area (Å²) < 4.78 is 5.71. The van der Waals surface area contributed by atoms with Gasteiger partial charge in [-0.2, -0.15) is 0 Å². The molecule has 5 heteroatoms. The molecule has 1 saturated heterocycles. The summed E-state index contributed by atoms with van der Waals surface area (Å²) in [5.41, 5.74) is 7.64. The third-order valence-electron chi connectivity index (χ3n) is 4.38. The highest BCUT2D eigenvalue weighted by Crippen LogP contribution is 2.33. The van der Waals surface area contributed by atoms with Gasteiger partial charge < -0.3 is 20.4 Å². The molecule has 1 amide bonds. The van der Waals surface area contributed by atoms with Crippen LogP contribution < -0.4 is 16.0 Å². The molecule has 0 radical (unpaired) electrons. The molecular weight excluding hydrogens is 278 g/mol. The molecule has 1 aromatic carbocycles. The van der Waals surface area contributed by atoms with Crippen LogP contribution in [0.2, 0.25) is 0 Å². The summed E-state index contributed by atoms with van der Waals surface area (Å²) in [7, 11) is 0. The SMILES string of the molecule is CCNC1CCN(c2ccc(C(N)=O)c3oc(C)cc23)CC1. The Morgan fingerprint density at radius 2 is 2.14 bits per heavy atom. The van der Waals surface area contributed by atoms with Crippen molar-refractivity contribution in [3.63, 3.8) is 0 Å².